The van der Waals surface area contributed by atoms with Gasteiger partial charge >= 0.3 is 12.1 Å². The first-order chi connectivity index (χ1) is 9.71. The highest BCUT2D eigenvalue weighted by molar-refractivity contribution is 5.91. The Labute approximate surface area is 117 Å². The zero-order valence-corrected chi connectivity index (χ0v) is 11.1. The highest BCUT2D eigenvalue weighted by Gasteiger charge is 2.35. The van der Waals surface area contributed by atoms with Crippen molar-refractivity contribution < 1.29 is 27.8 Å². The molecule has 21 heavy (non-hydrogen) atoms. The quantitative estimate of drug-likeness (QED) is 0.945. The Balaban J connectivity index is 2.52. The number of hydrogen-bond donors (Lipinski definition) is 1. The molecule has 0 amide bonds. The maximum atomic E-state index is 12.9. The van der Waals surface area contributed by atoms with E-state index in [1.165, 1.54) is 26.1 Å². The summed E-state index contributed by atoms with van der Waals surface area (Å²) < 4.78 is 45.0. The molecule has 0 fully saturated rings. The molecule has 1 aromatic carbocycles. The van der Waals surface area contributed by atoms with E-state index in [0.29, 0.717) is 0 Å². The third kappa shape index (κ3) is 2.83. The molecule has 112 valence electrons. The van der Waals surface area contributed by atoms with Crippen LogP contribution in [0, 0.1) is 6.92 Å². The van der Waals surface area contributed by atoms with E-state index in [-0.39, 0.29) is 17.1 Å². The van der Waals surface area contributed by atoms with Crippen molar-refractivity contribution in [2.45, 2.75) is 13.1 Å². The van der Waals surface area contributed by atoms with E-state index in [9.17, 15) is 18.0 Å². The summed E-state index contributed by atoms with van der Waals surface area (Å²) in [6.45, 7) is 1.44. The van der Waals surface area contributed by atoms with Gasteiger partial charge < -0.3 is 9.84 Å². The molecule has 0 bridgehead atoms. The topological polar surface area (TPSA) is 64.4 Å². The Morgan fingerprint density at radius 1 is 1.33 bits per heavy atom. The molecule has 0 aliphatic carbocycles. The summed E-state index contributed by atoms with van der Waals surface area (Å²) in [6.07, 6.45) is -4.60. The Bertz CT molecular complexity index is 692. The molecule has 1 heterocycles. The van der Waals surface area contributed by atoms with Crippen LogP contribution in [0.15, 0.2) is 24.3 Å². The molecule has 1 aromatic heterocycles. The predicted molar refractivity (Wildman–Crippen MR) is 66.4 cm³/mol. The maximum Gasteiger partial charge on any atom is 0.419 e. The summed E-state index contributed by atoms with van der Waals surface area (Å²) in [5.74, 6) is -2.05. The number of aromatic carboxylic acids is 1. The molecule has 0 saturated carbocycles. The van der Waals surface area contributed by atoms with Crippen molar-refractivity contribution in [1.29, 1.82) is 0 Å². The van der Waals surface area contributed by atoms with Crippen LogP contribution in [0.5, 0.6) is 11.6 Å². The van der Waals surface area contributed by atoms with Gasteiger partial charge in [-0.3, -0.25) is 0 Å². The first kappa shape index (κ1) is 14.9. The Hall–Kier alpha value is -2.51. The van der Waals surface area contributed by atoms with Gasteiger partial charge in [0.05, 0.1) is 11.3 Å². The number of ether oxygens (including phenoxy) is 1. The molecule has 0 unspecified atom stereocenters. The van der Waals surface area contributed by atoms with E-state index in [1.807, 2.05) is 0 Å². The molecule has 0 saturated heterocycles. The highest BCUT2D eigenvalue weighted by Crippen LogP contribution is 2.38. The number of nitrogens with zero attached hydrogens (tertiary/aromatic N) is 2. The van der Waals surface area contributed by atoms with Crippen LogP contribution in [-0.4, -0.2) is 20.9 Å². The van der Waals surface area contributed by atoms with Gasteiger partial charge in [-0.1, -0.05) is 12.1 Å². The smallest absolute Gasteiger partial charge is 0.419 e. The first-order valence-electron chi connectivity index (χ1n) is 5.82. The summed E-state index contributed by atoms with van der Waals surface area (Å²) in [5.41, 5.74) is -1.10. The van der Waals surface area contributed by atoms with Crippen LogP contribution in [0.1, 0.15) is 21.6 Å². The van der Waals surface area contributed by atoms with Crippen molar-refractivity contribution in [3.05, 3.63) is 41.1 Å². The molecule has 0 aliphatic heterocycles. The summed E-state index contributed by atoms with van der Waals surface area (Å²) in [5, 5.41) is 13.0. The molecular weight excluding hydrogens is 289 g/mol. The zero-order valence-electron chi connectivity index (χ0n) is 11.1. The van der Waals surface area contributed by atoms with E-state index in [2.05, 4.69) is 5.10 Å². The average molecular weight is 300 g/mol. The molecule has 1 N–H and O–H groups in total. The highest BCUT2D eigenvalue weighted by atomic mass is 19.4. The Morgan fingerprint density at radius 3 is 2.52 bits per heavy atom. The number of alkyl halides is 3. The van der Waals surface area contributed by atoms with Crippen molar-refractivity contribution in [3.8, 4) is 11.6 Å². The number of rotatable bonds is 3. The molecule has 0 atom stereocenters. The van der Waals surface area contributed by atoms with Gasteiger partial charge in [-0.2, -0.15) is 18.3 Å². The lowest BCUT2D eigenvalue weighted by Gasteiger charge is -2.13. The zero-order chi connectivity index (χ0) is 15.8. The fourth-order valence-corrected chi connectivity index (χ4v) is 1.89. The number of para-hydroxylation sites is 1. The number of halogens is 3. The average Bonchev–Trinajstić information content (AvgIpc) is 2.63. The number of carbonyl (C=O) groups is 1. The first-order valence-corrected chi connectivity index (χ1v) is 5.82. The standard InChI is InChI=1S/C13H11F3N2O3/c1-7-10(12(19)20)11(18(2)17-7)21-9-6-4-3-5-8(9)13(14,15)16/h3-6H,1-2H3,(H,19,20). The molecule has 2 rings (SSSR count). The predicted octanol–water partition coefficient (Wildman–Crippen LogP) is 3.24. The van der Waals surface area contributed by atoms with Crippen molar-refractivity contribution in [1.82, 2.24) is 9.78 Å². The van der Waals surface area contributed by atoms with Crippen molar-refractivity contribution in [3.63, 3.8) is 0 Å². The number of benzene rings is 1. The lowest BCUT2D eigenvalue weighted by atomic mass is 10.2. The van der Waals surface area contributed by atoms with Crippen molar-refractivity contribution in [2.24, 2.45) is 7.05 Å². The SMILES string of the molecule is Cc1nn(C)c(Oc2ccccc2C(F)(F)F)c1C(=O)O. The second-order valence-corrected chi connectivity index (χ2v) is 4.29. The van der Waals surface area contributed by atoms with Crippen molar-refractivity contribution in [2.75, 3.05) is 0 Å². The molecular formula is C13H11F3N2O3. The van der Waals surface area contributed by atoms with Crippen LogP contribution in [0.25, 0.3) is 0 Å². The van der Waals surface area contributed by atoms with Gasteiger partial charge in [0.25, 0.3) is 0 Å². The largest absolute Gasteiger partial charge is 0.477 e. The van der Waals surface area contributed by atoms with E-state index < -0.39 is 23.5 Å². The lowest BCUT2D eigenvalue weighted by molar-refractivity contribution is -0.138. The number of carboxylic acids is 1. The van der Waals surface area contributed by atoms with Gasteiger partial charge in [-0.05, 0) is 19.1 Å². The number of hydrogen-bond acceptors (Lipinski definition) is 3. The monoisotopic (exact) mass is 300 g/mol. The normalized spacial score (nSPS) is 11.5. The second kappa shape index (κ2) is 5.12. The van der Waals surface area contributed by atoms with E-state index in [0.717, 1.165) is 16.8 Å². The second-order valence-electron chi connectivity index (χ2n) is 4.29. The molecule has 0 radical (unpaired) electrons. The molecule has 2 aromatic rings. The minimum atomic E-state index is -4.60. The minimum Gasteiger partial charge on any atom is -0.477 e. The summed E-state index contributed by atoms with van der Waals surface area (Å²) in [7, 11) is 1.39. The third-order valence-electron chi connectivity index (χ3n) is 2.78. The van der Waals surface area contributed by atoms with E-state index in [1.54, 1.807) is 0 Å². The fraction of sp³-hybridized carbons (Fsp3) is 0.231. The Kier molecular flexibility index (Phi) is 3.63. The van der Waals surface area contributed by atoms with Crippen LogP contribution in [-0.2, 0) is 13.2 Å². The summed E-state index contributed by atoms with van der Waals surface area (Å²) >= 11 is 0. The van der Waals surface area contributed by atoms with Crippen LogP contribution in [0.4, 0.5) is 13.2 Å². The summed E-state index contributed by atoms with van der Waals surface area (Å²) in [4.78, 5) is 11.2. The van der Waals surface area contributed by atoms with Gasteiger partial charge in [0, 0.05) is 7.05 Å². The third-order valence-corrected chi connectivity index (χ3v) is 2.78. The minimum absolute atomic E-state index is 0.157. The molecule has 0 spiro atoms. The fourth-order valence-electron chi connectivity index (χ4n) is 1.89. The molecule has 8 heteroatoms. The number of carboxylic acid groups (broad SMARTS) is 1. The maximum absolute atomic E-state index is 12.9. The number of aromatic nitrogens is 2. The molecule has 5 nitrogen and oxygen atoms in total. The Morgan fingerprint density at radius 2 is 1.95 bits per heavy atom. The van der Waals surface area contributed by atoms with Gasteiger partial charge in [-0.15, -0.1) is 0 Å². The van der Waals surface area contributed by atoms with E-state index in [4.69, 9.17) is 9.84 Å². The van der Waals surface area contributed by atoms with Crippen molar-refractivity contribution >= 4 is 5.97 Å². The molecule has 0 aliphatic rings. The van der Waals surface area contributed by atoms with Gasteiger partial charge in [0.1, 0.15) is 11.3 Å². The summed E-state index contributed by atoms with van der Waals surface area (Å²) in [6, 6.07) is 4.58. The van der Waals surface area contributed by atoms with Crippen LogP contribution >= 0.6 is 0 Å². The van der Waals surface area contributed by atoms with Gasteiger partial charge in [0.15, 0.2) is 0 Å². The van der Waals surface area contributed by atoms with Gasteiger partial charge in [-0.25, -0.2) is 9.48 Å². The van der Waals surface area contributed by atoms with Crippen LogP contribution in [0.3, 0.4) is 0 Å². The van der Waals surface area contributed by atoms with Crippen LogP contribution in [0.2, 0.25) is 0 Å². The van der Waals surface area contributed by atoms with Crippen LogP contribution < -0.4 is 4.74 Å². The lowest BCUT2D eigenvalue weighted by Crippen LogP contribution is -2.09. The van der Waals surface area contributed by atoms with E-state index >= 15 is 0 Å². The number of aryl methyl sites for hydroxylation is 2. The van der Waals surface area contributed by atoms with Gasteiger partial charge in [0.2, 0.25) is 5.88 Å².